The Morgan fingerprint density at radius 3 is 2.48 bits per heavy atom. The zero-order valence-electron chi connectivity index (χ0n) is 12.4. The van der Waals surface area contributed by atoms with Crippen molar-refractivity contribution >= 4 is 23.3 Å². The standard InChI is InChI=1S/C16H16ClNO3/c1-5-6-10-7-11(17)13(12(8-10)21-4)14-15(19)9(2)18(3)16(14)20/h7-9,14H,1-4H3. The van der Waals surface area contributed by atoms with Crippen LogP contribution in [0.2, 0.25) is 5.02 Å². The summed E-state index contributed by atoms with van der Waals surface area (Å²) in [6.45, 7) is 3.42. The molecule has 1 aromatic carbocycles. The number of likely N-dealkylation sites (tertiary alicyclic amines) is 1. The number of amides is 1. The number of likely N-dealkylation sites (N-methyl/N-ethyl adjacent to an activating group) is 1. The summed E-state index contributed by atoms with van der Waals surface area (Å²) in [4.78, 5) is 26.1. The van der Waals surface area contributed by atoms with Crippen LogP contribution in [0, 0.1) is 11.8 Å². The van der Waals surface area contributed by atoms with Crippen LogP contribution < -0.4 is 4.74 Å². The van der Waals surface area contributed by atoms with Crippen LogP contribution in [0.3, 0.4) is 0 Å². The lowest BCUT2D eigenvalue weighted by molar-refractivity contribution is -0.128. The van der Waals surface area contributed by atoms with Gasteiger partial charge in [-0.2, -0.15) is 0 Å². The second-order valence-corrected chi connectivity index (χ2v) is 5.32. The number of ketones is 1. The Kier molecular flexibility index (Phi) is 4.24. The molecule has 2 unspecified atom stereocenters. The number of hydrogen-bond donors (Lipinski definition) is 0. The molecule has 0 bridgehead atoms. The average molecular weight is 306 g/mol. The van der Waals surface area contributed by atoms with Gasteiger partial charge in [0, 0.05) is 23.2 Å². The summed E-state index contributed by atoms with van der Waals surface area (Å²) in [7, 11) is 3.09. The van der Waals surface area contributed by atoms with Gasteiger partial charge < -0.3 is 9.64 Å². The highest BCUT2D eigenvalue weighted by Crippen LogP contribution is 2.39. The highest BCUT2D eigenvalue weighted by atomic mass is 35.5. The highest BCUT2D eigenvalue weighted by Gasteiger charge is 2.45. The van der Waals surface area contributed by atoms with Crippen molar-refractivity contribution in [1.29, 1.82) is 0 Å². The molecule has 1 amide bonds. The van der Waals surface area contributed by atoms with Gasteiger partial charge in [-0.05, 0) is 26.0 Å². The van der Waals surface area contributed by atoms with Gasteiger partial charge in [-0.3, -0.25) is 9.59 Å². The molecule has 110 valence electrons. The molecule has 0 N–H and O–H groups in total. The number of Topliss-reactive ketones (excluding diaryl/α,β-unsaturated/α-hetero) is 1. The van der Waals surface area contributed by atoms with Crippen LogP contribution in [0.25, 0.3) is 0 Å². The number of halogens is 1. The van der Waals surface area contributed by atoms with Crippen LogP contribution in [0.15, 0.2) is 12.1 Å². The zero-order valence-corrected chi connectivity index (χ0v) is 13.1. The lowest BCUT2D eigenvalue weighted by Crippen LogP contribution is -2.28. The number of benzene rings is 1. The minimum Gasteiger partial charge on any atom is -0.496 e. The van der Waals surface area contributed by atoms with Crippen LogP contribution in [0.1, 0.15) is 30.9 Å². The molecule has 5 heteroatoms. The van der Waals surface area contributed by atoms with E-state index in [1.165, 1.54) is 12.0 Å². The third-order valence-electron chi connectivity index (χ3n) is 3.74. The number of carbonyl (C=O) groups excluding carboxylic acids is 2. The van der Waals surface area contributed by atoms with Gasteiger partial charge in [0.15, 0.2) is 5.78 Å². The fourth-order valence-electron chi connectivity index (χ4n) is 2.47. The Labute approximate surface area is 129 Å². The summed E-state index contributed by atoms with van der Waals surface area (Å²) in [5.41, 5.74) is 1.11. The van der Waals surface area contributed by atoms with E-state index < -0.39 is 12.0 Å². The van der Waals surface area contributed by atoms with E-state index >= 15 is 0 Å². The van der Waals surface area contributed by atoms with Crippen molar-refractivity contribution in [3.05, 3.63) is 28.3 Å². The molecule has 0 saturated carbocycles. The Bertz CT molecular complexity index is 652. The summed E-state index contributed by atoms with van der Waals surface area (Å²) in [5, 5.41) is 0.321. The van der Waals surface area contributed by atoms with Crippen molar-refractivity contribution in [2.24, 2.45) is 0 Å². The summed E-state index contributed by atoms with van der Waals surface area (Å²) in [6, 6.07) is 2.89. The van der Waals surface area contributed by atoms with Gasteiger partial charge in [-0.15, -0.1) is 5.92 Å². The quantitative estimate of drug-likeness (QED) is 0.622. The first-order chi connectivity index (χ1) is 9.92. The fourth-order valence-corrected chi connectivity index (χ4v) is 2.79. The van der Waals surface area contributed by atoms with E-state index in [1.54, 1.807) is 33.0 Å². The van der Waals surface area contributed by atoms with E-state index in [-0.39, 0.29) is 11.7 Å². The lowest BCUT2D eigenvalue weighted by Gasteiger charge is -2.15. The predicted octanol–water partition coefficient (Wildman–Crippen LogP) is 2.23. The molecule has 0 radical (unpaired) electrons. The van der Waals surface area contributed by atoms with E-state index in [2.05, 4.69) is 11.8 Å². The summed E-state index contributed by atoms with van der Waals surface area (Å²) < 4.78 is 5.32. The zero-order chi connectivity index (χ0) is 15.7. The van der Waals surface area contributed by atoms with Gasteiger partial charge in [-0.1, -0.05) is 17.5 Å². The van der Waals surface area contributed by atoms with Crippen LogP contribution in [0.4, 0.5) is 0 Å². The molecule has 1 aromatic rings. The summed E-state index contributed by atoms with van der Waals surface area (Å²) in [5.74, 6) is 4.74. The number of methoxy groups -OCH3 is 1. The van der Waals surface area contributed by atoms with Crippen LogP contribution in [-0.4, -0.2) is 36.8 Å². The molecule has 1 fully saturated rings. The van der Waals surface area contributed by atoms with Crippen molar-refractivity contribution in [2.75, 3.05) is 14.2 Å². The maximum Gasteiger partial charge on any atom is 0.238 e. The van der Waals surface area contributed by atoms with Crippen molar-refractivity contribution in [3.63, 3.8) is 0 Å². The van der Waals surface area contributed by atoms with Crippen molar-refractivity contribution < 1.29 is 14.3 Å². The van der Waals surface area contributed by atoms with E-state index in [4.69, 9.17) is 16.3 Å². The van der Waals surface area contributed by atoms with Crippen molar-refractivity contribution in [2.45, 2.75) is 25.8 Å². The number of rotatable bonds is 2. The first-order valence-electron chi connectivity index (χ1n) is 6.53. The Hall–Kier alpha value is -1.99. The number of hydrogen-bond acceptors (Lipinski definition) is 3. The molecule has 1 aliphatic heterocycles. The lowest BCUT2D eigenvalue weighted by atomic mass is 9.93. The van der Waals surface area contributed by atoms with Crippen molar-refractivity contribution in [3.8, 4) is 17.6 Å². The normalized spacial score (nSPS) is 21.3. The molecule has 21 heavy (non-hydrogen) atoms. The van der Waals surface area contributed by atoms with E-state index in [0.717, 1.165) is 0 Å². The molecule has 0 aliphatic carbocycles. The molecular weight excluding hydrogens is 290 g/mol. The molecule has 1 aliphatic rings. The van der Waals surface area contributed by atoms with E-state index in [0.29, 0.717) is 21.9 Å². The van der Waals surface area contributed by atoms with Gasteiger partial charge in [-0.25, -0.2) is 0 Å². The molecular formula is C16H16ClNO3. The monoisotopic (exact) mass is 305 g/mol. The number of nitrogens with zero attached hydrogens (tertiary/aromatic N) is 1. The topological polar surface area (TPSA) is 46.6 Å². The maximum atomic E-state index is 12.4. The fraction of sp³-hybridized carbons (Fsp3) is 0.375. The number of ether oxygens (including phenoxy) is 1. The van der Waals surface area contributed by atoms with Gasteiger partial charge in [0.1, 0.15) is 11.7 Å². The third kappa shape index (κ3) is 2.50. The van der Waals surface area contributed by atoms with Gasteiger partial charge in [0.25, 0.3) is 0 Å². The molecule has 0 spiro atoms. The second-order valence-electron chi connectivity index (χ2n) is 4.91. The first-order valence-corrected chi connectivity index (χ1v) is 6.90. The summed E-state index contributed by atoms with van der Waals surface area (Å²) in [6.07, 6.45) is 0. The van der Waals surface area contributed by atoms with Crippen LogP contribution in [-0.2, 0) is 9.59 Å². The molecule has 2 rings (SSSR count). The summed E-state index contributed by atoms with van der Waals surface area (Å²) >= 11 is 6.28. The first kappa shape index (κ1) is 15.4. The largest absolute Gasteiger partial charge is 0.496 e. The van der Waals surface area contributed by atoms with Gasteiger partial charge in [0.2, 0.25) is 5.91 Å². The van der Waals surface area contributed by atoms with E-state index in [9.17, 15) is 9.59 Å². The third-order valence-corrected chi connectivity index (χ3v) is 4.05. The predicted molar refractivity (Wildman–Crippen MR) is 80.5 cm³/mol. The van der Waals surface area contributed by atoms with E-state index in [1.807, 2.05) is 0 Å². The second kappa shape index (κ2) is 5.79. The molecule has 1 saturated heterocycles. The molecule has 2 atom stereocenters. The average Bonchev–Trinajstić information content (AvgIpc) is 2.64. The SMILES string of the molecule is CC#Cc1cc(Cl)c(C2C(=O)C(C)N(C)C2=O)c(OC)c1. The van der Waals surface area contributed by atoms with Crippen LogP contribution in [0.5, 0.6) is 5.75 Å². The smallest absolute Gasteiger partial charge is 0.238 e. The Balaban J connectivity index is 2.60. The van der Waals surface area contributed by atoms with Gasteiger partial charge >= 0.3 is 0 Å². The molecule has 4 nitrogen and oxygen atoms in total. The van der Waals surface area contributed by atoms with Crippen molar-refractivity contribution in [1.82, 2.24) is 4.90 Å². The Morgan fingerprint density at radius 1 is 1.33 bits per heavy atom. The molecule has 1 heterocycles. The molecule has 0 aromatic heterocycles. The highest BCUT2D eigenvalue weighted by molar-refractivity contribution is 6.33. The Morgan fingerprint density at radius 2 is 2.00 bits per heavy atom. The minimum absolute atomic E-state index is 0.169. The maximum absolute atomic E-state index is 12.4. The number of carbonyl (C=O) groups is 2. The van der Waals surface area contributed by atoms with Crippen LogP contribution >= 0.6 is 11.6 Å². The van der Waals surface area contributed by atoms with Gasteiger partial charge in [0.05, 0.1) is 13.2 Å². The minimum atomic E-state index is -0.906.